The molecule has 0 amide bonds. The molecule has 1 aliphatic carbocycles. The van der Waals surface area contributed by atoms with E-state index in [0.717, 1.165) is 30.0 Å². The number of aromatic nitrogens is 1. The van der Waals surface area contributed by atoms with Gasteiger partial charge in [0.2, 0.25) is 0 Å². The minimum atomic E-state index is -0.160. The number of thiazole rings is 1. The van der Waals surface area contributed by atoms with E-state index in [1.54, 1.807) is 11.3 Å². The number of aryl methyl sites for hydroxylation is 1. The van der Waals surface area contributed by atoms with Crippen LogP contribution in [0.2, 0.25) is 0 Å². The van der Waals surface area contributed by atoms with E-state index >= 15 is 0 Å². The van der Waals surface area contributed by atoms with Crippen molar-refractivity contribution in [2.75, 3.05) is 0 Å². The summed E-state index contributed by atoms with van der Waals surface area (Å²) >= 11 is 1.71. The van der Waals surface area contributed by atoms with Gasteiger partial charge in [-0.05, 0) is 24.8 Å². The van der Waals surface area contributed by atoms with Crippen LogP contribution in [0.4, 0.5) is 0 Å². The number of nitrogens with two attached hydrogens (primary N) is 1. The number of rotatable bonds is 3. The van der Waals surface area contributed by atoms with Crippen LogP contribution in [0.5, 0.6) is 0 Å². The van der Waals surface area contributed by atoms with Gasteiger partial charge in [-0.25, -0.2) is 4.98 Å². The van der Waals surface area contributed by atoms with Gasteiger partial charge >= 0.3 is 0 Å². The Balaban J connectivity index is 1.87. The Kier molecular flexibility index (Phi) is 3.42. The first-order valence-electron chi connectivity index (χ1n) is 7.05. The van der Waals surface area contributed by atoms with Crippen LogP contribution in [0.1, 0.15) is 43.2 Å². The Morgan fingerprint density at radius 3 is 2.53 bits per heavy atom. The summed E-state index contributed by atoms with van der Waals surface area (Å²) in [5.74, 6) is 0. The van der Waals surface area contributed by atoms with Crippen molar-refractivity contribution in [3.05, 3.63) is 40.2 Å². The predicted molar refractivity (Wildman–Crippen MR) is 81.3 cm³/mol. The normalized spacial score (nSPS) is 17.8. The maximum absolute atomic E-state index is 6.47. The summed E-state index contributed by atoms with van der Waals surface area (Å²) in [6, 6.07) is 8.69. The molecule has 0 radical (unpaired) electrons. The van der Waals surface area contributed by atoms with E-state index in [0.29, 0.717) is 0 Å². The van der Waals surface area contributed by atoms with E-state index in [1.165, 1.54) is 24.0 Å². The highest BCUT2D eigenvalue weighted by molar-refractivity contribution is 7.10. The fourth-order valence-corrected chi connectivity index (χ4v) is 3.77. The molecule has 1 aliphatic rings. The zero-order valence-corrected chi connectivity index (χ0v) is 12.2. The maximum Gasteiger partial charge on any atom is 0.113 e. The molecular weight excluding hydrogens is 252 g/mol. The molecule has 1 aromatic carbocycles. The Bertz CT molecular complexity index is 550. The Morgan fingerprint density at radius 2 is 1.89 bits per heavy atom. The number of benzene rings is 1. The lowest BCUT2D eigenvalue weighted by Gasteiger charge is -2.19. The quantitative estimate of drug-likeness (QED) is 0.913. The molecule has 0 unspecified atom stereocenters. The van der Waals surface area contributed by atoms with Crippen LogP contribution in [0.25, 0.3) is 11.3 Å². The van der Waals surface area contributed by atoms with Crippen LogP contribution in [-0.2, 0) is 12.0 Å². The molecule has 1 saturated carbocycles. The minimum absolute atomic E-state index is 0.160. The van der Waals surface area contributed by atoms with Gasteiger partial charge in [-0.3, -0.25) is 0 Å². The maximum atomic E-state index is 6.47. The third-order valence-corrected chi connectivity index (χ3v) is 5.15. The van der Waals surface area contributed by atoms with Crippen molar-refractivity contribution in [2.45, 2.75) is 44.6 Å². The van der Waals surface area contributed by atoms with Crippen molar-refractivity contribution in [2.24, 2.45) is 5.73 Å². The van der Waals surface area contributed by atoms with Crippen LogP contribution < -0.4 is 5.73 Å². The van der Waals surface area contributed by atoms with E-state index in [2.05, 4.69) is 36.6 Å². The molecule has 1 fully saturated rings. The molecule has 2 N–H and O–H groups in total. The molecule has 0 atom stereocenters. The van der Waals surface area contributed by atoms with Crippen molar-refractivity contribution < 1.29 is 0 Å². The fraction of sp³-hybridized carbons (Fsp3) is 0.438. The summed E-state index contributed by atoms with van der Waals surface area (Å²) in [4.78, 5) is 4.78. The zero-order chi connectivity index (χ0) is 13.3. The molecule has 0 bridgehead atoms. The SMILES string of the molecule is CCc1ccc(-c2csc(C3(N)CCCC3)n2)cc1. The topological polar surface area (TPSA) is 38.9 Å². The van der Waals surface area contributed by atoms with Gasteiger partial charge in [0.05, 0.1) is 11.2 Å². The van der Waals surface area contributed by atoms with E-state index in [-0.39, 0.29) is 5.54 Å². The molecule has 2 nitrogen and oxygen atoms in total. The van der Waals surface area contributed by atoms with Crippen LogP contribution in [0, 0.1) is 0 Å². The monoisotopic (exact) mass is 272 g/mol. The van der Waals surface area contributed by atoms with Gasteiger partial charge in [0.25, 0.3) is 0 Å². The molecule has 0 aliphatic heterocycles. The molecular formula is C16H20N2S. The van der Waals surface area contributed by atoms with E-state index in [9.17, 15) is 0 Å². The largest absolute Gasteiger partial charge is 0.319 e. The lowest BCUT2D eigenvalue weighted by Crippen LogP contribution is -2.32. The van der Waals surface area contributed by atoms with E-state index in [4.69, 9.17) is 10.7 Å². The van der Waals surface area contributed by atoms with Crippen LogP contribution in [0.3, 0.4) is 0 Å². The van der Waals surface area contributed by atoms with Gasteiger partial charge in [-0.2, -0.15) is 0 Å². The summed E-state index contributed by atoms with van der Waals surface area (Å²) in [5, 5.41) is 3.25. The lowest BCUT2D eigenvalue weighted by atomic mass is 10.0. The second-order valence-corrected chi connectivity index (χ2v) is 6.31. The van der Waals surface area contributed by atoms with Crippen molar-refractivity contribution in [3.8, 4) is 11.3 Å². The highest BCUT2D eigenvalue weighted by atomic mass is 32.1. The highest BCUT2D eigenvalue weighted by Gasteiger charge is 2.34. The minimum Gasteiger partial charge on any atom is -0.319 e. The average Bonchev–Trinajstić information content (AvgIpc) is 3.08. The molecule has 1 heterocycles. The Labute approximate surface area is 118 Å². The van der Waals surface area contributed by atoms with Crippen molar-refractivity contribution in [1.82, 2.24) is 4.98 Å². The predicted octanol–water partition coefficient (Wildman–Crippen LogP) is 4.10. The van der Waals surface area contributed by atoms with Gasteiger partial charge in [-0.15, -0.1) is 11.3 Å². The van der Waals surface area contributed by atoms with Crippen LogP contribution >= 0.6 is 11.3 Å². The second-order valence-electron chi connectivity index (χ2n) is 5.45. The lowest BCUT2D eigenvalue weighted by molar-refractivity contribution is 0.459. The molecule has 1 aromatic heterocycles. The first-order valence-corrected chi connectivity index (χ1v) is 7.93. The van der Waals surface area contributed by atoms with Crippen molar-refractivity contribution in [3.63, 3.8) is 0 Å². The standard InChI is InChI=1S/C16H20N2S/c1-2-12-5-7-13(8-6-12)14-11-19-15(18-14)16(17)9-3-4-10-16/h5-8,11H,2-4,9-10,17H2,1H3. The van der Waals surface area contributed by atoms with Crippen LogP contribution in [0.15, 0.2) is 29.6 Å². The van der Waals surface area contributed by atoms with Gasteiger partial charge < -0.3 is 5.73 Å². The molecule has 19 heavy (non-hydrogen) atoms. The molecule has 0 spiro atoms. The molecule has 2 aromatic rings. The van der Waals surface area contributed by atoms with Gasteiger partial charge in [0.15, 0.2) is 0 Å². The molecule has 3 rings (SSSR count). The van der Waals surface area contributed by atoms with Crippen LogP contribution in [-0.4, -0.2) is 4.98 Å². The van der Waals surface area contributed by atoms with Crippen molar-refractivity contribution in [1.29, 1.82) is 0 Å². The van der Waals surface area contributed by atoms with Gasteiger partial charge in [-0.1, -0.05) is 44.0 Å². The first kappa shape index (κ1) is 12.8. The van der Waals surface area contributed by atoms with Gasteiger partial charge in [0.1, 0.15) is 5.01 Å². The number of hydrogen-bond donors (Lipinski definition) is 1. The first-order chi connectivity index (χ1) is 9.21. The number of hydrogen-bond acceptors (Lipinski definition) is 3. The van der Waals surface area contributed by atoms with Gasteiger partial charge in [0, 0.05) is 10.9 Å². The molecule has 3 heteroatoms. The second kappa shape index (κ2) is 5.06. The van der Waals surface area contributed by atoms with E-state index < -0.39 is 0 Å². The third kappa shape index (κ3) is 2.45. The fourth-order valence-electron chi connectivity index (χ4n) is 2.77. The third-order valence-electron chi connectivity index (χ3n) is 4.08. The Hall–Kier alpha value is -1.19. The molecule has 0 saturated heterocycles. The van der Waals surface area contributed by atoms with E-state index in [1.807, 2.05) is 0 Å². The smallest absolute Gasteiger partial charge is 0.113 e. The summed E-state index contributed by atoms with van der Waals surface area (Å²) < 4.78 is 0. The summed E-state index contributed by atoms with van der Waals surface area (Å²) in [6.45, 7) is 2.17. The molecule has 100 valence electrons. The summed E-state index contributed by atoms with van der Waals surface area (Å²) in [5.41, 5.74) is 9.94. The highest BCUT2D eigenvalue weighted by Crippen LogP contribution is 2.38. The average molecular weight is 272 g/mol. The number of nitrogens with zero attached hydrogens (tertiary/aromatic N) is 1. The zero-order valence-electron chi connectivity index (χ0n) is 11.4. The Morgan fingerprint density at radius 1 is 1.21 bits per heavy atom. The van der Waals surface area contributed by atoms with Crippen molar-refractivity contribution >= 4 is 11.3 Å². The summed E-state index contributed by atoms with van der Waals surface area (Å²) in [6.07, 6.45) is 5.70. The summed E-state index contributed by atoms with van der Waals surface area (Å²) in [7, 11) is 0.